The summed E-state index contributed by atoms with van der Waals surface area (Å²) in [5, 5.41) is 9.04. The van der Waals surface area contributed by atoms with Crippen molar-refractivity contribution >= 4 is 5.97 Å². The van der Waals surface area contributed by atoms with Gasteiger partial charge in [0.05, 0.1) is 6.42 Å². The molecule has 0 spiro atoms. The minimum Gasteiger partial charge on any atom is -0.481 e. The average molecular weight is 213 g/mol. The van der Waals surface area contributed by atoms with Crippen molar-refractivity contribution in [3.8, 4) is 0 Å². The monoisotopic (exact) mass is 213 g/mol. The van der Waals surface area contributed by atoms with E-state index in [2.05, 4.69) is 13.8 Å². The van der Waals surface area contributed by atoms with Crippen LogP contribution < -0.4 is 5.73 Å². The molecular weight excluding hydrogens is 190 g/mol. The molecule has 1 rings (SSSR count). The fraction of sp³-hybridized carbons (Fsp3) is 0.917. The molecule has 15 heavy (non-hydrogen) atoms. The molecule has 3 unspecified atom stereocenters. The maximum absolute atomic E-state index is 11.0. The van der Waals surface area contributed by atoms with Gasteiger partial charge >= 0.3 is 5.97 Å². The SMILES string of the molecule is CCC(N)C1(CC(=O)O)CCCCC1C. The van der Waals surface area contributed by atoms with Gasteiger partial charge in [0.1, 0.15) is 0 Å². The molecule has 0 aromatic heterocycles. The van der Waals surface area contributed by atoms with E-state index in [0.29, 0.717) is 5.92 Å². The third-order valence-corrected chi connectivity index (χ3v) is 4.17. The highest BCUT2D eigenvalue weighted by atomic mass is 16.4. The Kier molecular flexibility index (Phi) is 4.14. The van der Waals surface area contributed by atoms with Crippen molar-refractivity contribution < 1.29 is 9.90 Å². The van der Waals surface area contributed by atoms with Crippen LogP contribution in [0.15, 0.2) is 0 Å². The molecule has 1 saturated carbocycles. The summed E-state index contributed by atoms with van der Waals surface area (Å²) in [4.78, 5) is 11.0. The van der Waals surface area contributed by atoms with Crippen molar-refractivity contribution in [2.45, 2.75) is 58.4 Å². The summed E-state index contributed by atoms with van der Waals surface area (Å²) in [6, 6.07) is 0.0314. The van der Waals surface area contributed by atoms with Crippen molar-refractivity contribution in [1.82, 2.24) is 0 Å². The first-order valence-corrected chi connectivity index (χ1v) is 6.00. The first-order valence-electron chi connectivity index (χ1n) is 6.00. The van der Waals surface area contributed by atoms with Crippen LogP contribution in [-0.2, 0) is 4.79 Å². The maximum atomic E-state index is 11.0. The highest BCUT2D eigenvalue weighted by Gasteiger charge is 2.43. The third kappa shape index (κ3) is 2.51. The van der Waals surface area contributed by atoms with Crippen molar-refractivity contribution in [1.29, 1.82) is 0 Å². The first kappa shape index (κ1) is 12.5. The predicted molar refractivity (Wildman–Crippen MR) is 60.6 cm³/mol. The van der Waals surface area contributed by atoms with E-state index in [4.69, 9.17) is 10.8 Å². The fourth-order valence-corrected chi connectivity index (χ4v) is 3.07. The normalized spacial score (nSPS) is 33.7. The highest BCUT2D eigenvalue weighted by molar-refractivity contribution is 5.68. The number of hydrogen-bond donors (Lipinski definition) is 2. The van der Waals surface area contributed by atoms with Crippen LogP contribution in [-0.4, -0.2) is 17.1 Å². The molecule has 0 bridgehead atoms. The molecule has 0 aromatic rings. The zero-order chi connectivity index (χ0) is 11.5. The van der Waals surface area contributed by atoms with E-state index < -0.39 is 5.97 Å². The molecule has 1 aliphatic carbocycles. The van der Waals surface area contributed by atoms with Crippen LogP contribution in [0.1, 0.15) is 52.4 Å². The second-order valence-electron chi connectivity index (χ2n) is 4.97. The lowest BCUT2D eigenvalue weighted by atomic mass is 9.61. The molecule has 1 fully saturated rings. The van der Waals surface area contributed by atoms with Gasteiger partial charge in [-0.25, -0.2) is 0 Å². The molecule has 1 aliphatic rings. The quantitative estimate of drug-likeness (QED) is 0.753. The van der Waals surface area contributed by atoms with E-state index in [0.717, 1.165) is 25.7 Å². The number of carboxylic acid groups (broad SMARTS) is 1. The topological polar surface area (TPSA) is 63.3 Å². The summed E-state index contributed by atoms with van der Waals surface area (Å²) in [5.74, 6) is -0.259. The van der Waals surface area contributed by atoms with Gasteiger partial charge in [-0.2, -0.15) is 0 Å². The van der Waals surface area contributed by atoms with Crippen LogP contribution in [0.25, 0.3) is 0 Å². The Morgan fingerprint density at radius 3 is 2.73 bits per heavy atom. The Balaban J connectivity index is 2.87. The smallest absolute Gasteiger partial charge is 0.303 e. The lowest BCUT2D eigenvalue weighted by molar-refractivity contribution is -0.142. The Labute approximate surface area is 92.0 Å². The molecule has 0 amide bonds. The van der Waals surface area contributed by atoms with Crippen LogP contribution in [0.4, 0.5) is 0 Å². The molecule has 0 aliphatic heterocycles. The average Bonchev–Trinajstić information content (AvgIpc) is 2.19. The third-order valence-electron chi connectivity index (χ3n) is 4.17. The van der Waals surface area contributed by atoms with Crippen molar-refractivity contribution in [2.75, 3.05) is 0 Å². The second-order valence-corrected chi connectivity index (χ2v) is 4.97. The largest absolute Gasteiger partial charge is 0.481 e. The molecule has 88 valence electrons. The summed E-state index contributed by atoms with van der Waals surface area (Å²) in [6.45, 7) is 4.22. The summed E-state index contributed by atoms with van der Waals surface area (Å²) in [6.07, 6.45) is 5.57. The van der Waals surface area contributed by atoms with E-state index >= 15 is 0 Å². The summed E-state index contributed by atoms with van der Waals surface area (Å²) >= 11 is 0. The molecular formula is C12H23NO2. The van der Waals surface area contributed by atoms with Crippen LogP contribution >= 0.6 is 0 Å². The van der Waals surface area contributed by atoms with Crippen molar-refractivity contribution in [3.05, 3.63) is 0 Å². The van der Waals surface area contributed by atoms with Gasteiger partial charge in [-0.15, -0.1) is 0 Å². The Bertz CT molecular complexity index is 224. The van der Waals surface area contributed by atoms with Gasteiger partial charge in [-0.05, 0) is 24.2 Å². The summed E-state index contributed by atoms with van der Waals surface area (Å²) in [5.41, 5.74) is 6.00. The standard InChI is InChI=1S/C12H23NO2/c1-3-10(13)12(8-11(14)15)7-5-4-6-9(12)2/h9-10H,3-8,13H2,1-2H3,(H,14,15). The maximum Gasteiger partial charge on any atom is 0.303 e. The molecule has 0 aromatic carbocycles. The molecule has 3 heteroatoms. The molecule has 3 N–H and O–H groups in total. The van der Waals surface area contributed by atoms with Gasteiger partial charge in [-0.3, -0.25) is 4.79 Å². The van der Waals surface area contributed by atoms with E-state index in [1.807, 2.05) is 0 Å². The van der Waals surface area contributed by atoms with Crippen LogP contribution in [0, 0.1) is 11.3 Å². The minimum atomic E-state index is -0.701. The first-order chi connectivity index (χ1) is 7.03. The van der Waals surface area contributed by atoms with Crippen molar-refractivity contribution in [2.24, 2.45) is 17.1 Å². The summed E-state index contributed by atoms with van der Waals surface area (Å²) in [7, 11) is 0. The van der Waals surface area contributed by atoms with E-state index in [1.165, 1.54) is 6.42 Å². The fourth-order valence-electron chi connectivity index (χ4n) is 3.07. The number of carbonyl (C=O) groups is 1. The van der Waals surface area contributed by atoms with Gasteiger partial charge in [0.2, 0.25) is 0 Å². The van der Waals surface area contributed by atoms with E-state index in [-0.39, 0.29) is 17.9 Å². The highest BCUT2D eigenvalue weighted by Crippen LogP contribution is 2.46. The molecule has 3 atom stereocenters. The Morgan fingerprint density at radius 2 is 2.27 bits per heavy atom. The van der Waals surface area contributed by atoms with Gasteiger partial charge in [0.25, 0.3) is 0 Å². The van der Waals surface area contributed by atoms with Crippen LogP contribution in [0.5, 0.6) is 0 Å². The zero-order valence-electron chi connectivity index (χ0n) is 9.83. The van der Waals surface area contributed by atoms with Gasteiger partial charge < -0.3 is 10.8 Å². The van der Waals surface area contributed by atoms with E-state index in [1.54, 1.807) is 0 Å². The zero-order valence-corrected chi connectivity index (χ0v) is 9.83. The molecule has 0 radical (unpaired) electrons. The lowest BCUT2D eigenvalue weighted by Crippen LogP contribution is -2.48. The van der Waals surface area contributed by atoms with Crippen LogP contribution in [0.2, 0.25) is 0 Å². The summed E-state index contributed by atoms with van der Waals surface area (Å²) < 4.78 is 0. The van der Waals surface area contributed by atoms with Crippen molar-refractivity contribution in [3.63, 3.8) is 0 Å². The van der Waals surface area contributed by atoms with E-state index in [9.17, 15) is 4.79 Å². The van der Waals surface area contributed by atoms with Crippen LogP contribution in [0.3, 0.4) is 0 Å². The minimum absolute atomic E-state index is 0.0314. The molecule has 3 nitrogen and oxygen atoms in total. The number of nitrogens with two attached hydrogens (primary N) is 1. The number of carboxylic acids is 1. The Morgan fingerprint density at radius 1 is 1.60 bits per heavy atom. The second kappa shape index (κ2) is 4.97. The Hall–Kier alpha value is -0.570. The number of hydrogen-bond acceptors (Lipinski definition) is 2. The van der Waals surface area contributed by atoms with Gasteiger partial charge in [0, 0.05) is 6.04 Å². The lowest BCUT2D eigenvalue weighted by Gasteiger charge is -2.46. The van der Waals surface area contributed by atoms with Gasteiger partial charge in [-0.1, -0.05) is 33.1 Å². The number of aliphatic carboxylic acids is 1. The molecule has 0 heterocycles. The predicted octanol–water partition coefficient (Wildman–Crippen LogP) is 2.39. The molecule has 0 saturated heterocycles. The van der Waals surface area contributed by atoms with Gasteiger partial charge in [0.15, 0.2) is 0 Å². The number of rotatable bonds is 4.